The van der Waals surface area contributed by atoms with E-state index >= 15 is 0 Å². The lowest BCUT2D eigenvalue weighted by Gasteiger charge is -2.09. The molecule has 6 N–H and O–H groups in total. The molecule has 15 rings (SSSR count). The first-order valence-corrected chi connectivity index (χ1v) is 32.5. The fraction of sp³-hybridized carbons (Fsp3) is 0.351. The van der Waals surface area contributed by atoms with Gasteiger partial charge in [0, 0.05) is 106 Å². The van der Waals surface area contributed by atoms with E-state index in [1.54, 1.807) is 48.7 Å². The van der Waals surface area contributed by atoms with Crippen LogP contribution in [0.4, 0.5) is 0 Å². The molecule has 0 radical (unpaired) electrons. The highest BCUT2D eigenvalue weighted by Crippen LogP contribution is 2.44. The Bertz CT molecular complexity index is 4320. The van der Waals surface area contributed by atoms with Gasteiger partial charge in [0.1, 0.15) is 5.78 Å². The van der Waals surface area contributed by atoms with E-state index in [4.69, 9.17) is 24.8 Å². The number of fused-ring (bicyclic) bond motifs is 5. The lowest BCUT2D eigenvalue weighted by molar-refractivity contribution is -0.117. The van der Waals surface area contributed by atoms with E-state index in [9.17, 15) is 28.8 Å². The molecule has 474 valence electrons. The molecule has 0 aliphatic heterocycles. The molecule has 5 aliphatic carbocycles. The summed E-state index contributed by atoms with van der Waals surface area (Å²) < 4.78 is 15.0. The third-order valence-corrected chi connectivity index (χ3v) is 19.6. The second-order valence-electron chi connectivity index (χ2n) is 24.4. The van der Waals surface area contributed by atoms with Gasteiger partial charge in [0.15, 0.2) is 0 Å². The number of carbonyl (C=O) groups excluding carboxylic acids is 3. The number of ether oxygens (including phenoxy) is 2. The van der Waals surface area contributed by atoms with Gasteiger partial charge in [0.25, 0.3) is 0 Å². The molecule has 0 spiro atoms. The van der Waals surface area contributed by atoms with E-state index < -0.39 is 17.9 Å². The molecule has 5 aliphatic rings. The van der Waals surface area contributed by atoms with E-state index in [1.807, 2.05) is 69.0 Å². The Morgan fingerprint density at radius 3 is 1.55 bits per heavy atom. The number of nitrogens with zero attached hydrogens (tertiary/aromatic N) is 2. The highest BCUT2D eigenvalue weighted by molar-refractivity contribution is 9.10. The Kier molecular flexibility index (Phi) is 21.3. The predicted octanol–water partition coefficient (Wildman–Crippen LogP) is 18.0. The molecule has 0 unspecified atom stereocenters. The van der Waals surface area contributed by atoms with Gasteiger partial charge in [-0.15, -0.1) is 0 Å². The molecular weight excluding hydrogens is 1210 g/mol. The number of hydrogen-bond donors (Lipinski definition) is 6. The zero-order chi connectivity index (χ0) is 64.3. The first-order chi connectivity index (χ1) is 44.0. The second-order valence-corrected chi connectivity index (χ2v) is 25.1. The molecule has 5 aromatic heterocycles. The third kappa shape index (κ3) is 15.1. The van der Waals surface area contributed by atoms with Crippen molar-refractivity contribution in [2.75, 3.05) is 14.2 Å². The number of hydrogen-bond acceptors (Lipinski definition) is 8. The number of aromatic carboxylic acids is 3. The topological polar surface area (TPSA) is 239 Å². The van der Waals surface area contributed by atoms with Crippen LogP contribution in [0, 0.1) is 0 Å². The van der Waals surface area contributed by atoms with Crippen molar-refractivity contribution in [1.82, 2.24) is 24.1 Å². The largest absolute Gasteiger partial charge is 0.478 e. The van der Waals surface area contributed by atoms with Crippen molar-refractivity contribution in [3.8, 4) is 0 Å². The molecular formula is C74H80BrN5O11. The number of halogens is 1. The first-order valence-electron chi connectivity index (χ1n) is 31.8. The minimum absolute atomic E-state index is 0.273. The second kappa shape index (κ2) is 29.8. The van der Waals surface area contributed by atoms with Crippen LogP contribution in [-0.2, 0) is 28.4 Å². The van der Waals surface area contributed by atoms with Crippen molar-refractivity contribution < 1.29 is 53.6 Å². The molecule has 17 heteroatoms. The van der Waals surface area contributed by atoms with Crippen LogP contribution < -0.4 is 0 Å². The van der Waals surface area contributed by atoms with E-state index in [2.05, 4.69) is 64.4 Å². The minimum Gasteiger partial charge on any atom is -0.478 e. The first kappa shape index (κ1) is 65.0. The van der Waals surface area contributed by atoms with Crippen molar-refractivity contribution in [1.29, 1.82) is 0 Å². The Morgan fingerprint density at radius 1 is 0.505 bits per heavy atom. The number of aryl methyl sites for hydroxylation is 2. The number of nitrogens with one attached hydrogen (secondary N) is 3. The maximum absolute atomic E-state index is 11.7. The fourth-order valence-electron chi connectivity index (χ4n) is 13.8. The molecule has 5 heterocycles. The molecule has 0 saturated heterocycles. The molecule has 4 fully saturated rings. The normalized spacial score (nSPS) is 15.7. The zero-order valence-electron chi connectivity index (χ0n) is 52.2. The van der Waals surface area contributed by atoms with E-state index in [0.29, 0.717) is 51.4 Å². The average Bonchev–Trinajstić information content (AvgIpc) is 1.66. The Morgan fingerprint density at radius 2 is 1.00 bits per heavy atom. The van der Waals surface area contributed by atoms with Crippen LogP contribution in [-0.4, -0.2) is 89.3 Å². The van der Waals surface area contributed by atoms with Crippen LogP contribution in [0.5, 0.6) is 0 Å². The number of aromatic amines is 3. The average molecular weight is 1300 g/mol. The number of methoxy groups -OCH3 is 2. The van der Waals surface area contributed by atoms with Crippen molar-refractivity contribution >= 4 is 112 Å². The van der Waals surface area contributed by atoms with E-state index in [0.717, 1.165) is 81.5 Å². The standard InChI is InChI=1S/C16H18BrNO2.C16H19NO2.C14H15NO2.C14H13NO2.C9H7NO2.C5H8O/c1-18-13-9-11(16(19)20-2)7-8-12(13)14(15(18)17)10-5-3-4-6-10;1-17-10-14(11-5-3-4-6-11)13-8-7-12(9-15(13)17)16(18)19-2;2*16-14(17)10-5-6-11-12(8-15-13(11)7-10)9-3-1-2-4-9;11-9(12)7-2-1-6-3-4-10-8(6)5-7;6-5-3-1-2-4-5/h7-10H,3-6H2,1-2H3;7-11H,3-6H2,1-2H3;5-9,15H,1-4H2,(H,16,17);3,5-8,15H,1-2,4H2,(H,16,17);1-5,10H,(H,11,12);1-4H2. The van der Waals surface area contributed by atoms with Crippen molar-refractivity contribution in [2.24, 2.45) is 14.1 Å². The number of carbonyl (C=O) groups is 6. The molecule has 4 saturated carbocycles. The number of aromatic nitrogens is 5. The maximum Gasteiger partial charge on any atom is 0.337 e. The van der Waals surface area contributed by atoms with Crippen LogP contribution in [0.1, 0.15) is 214 Å². The lowest BCUT2D eigenvalue weighted by atomic mass is 9.97. The summed E-state index contributed by atoms with van der Waals surface area (Å²) in [4.78, 5) is 75.1. The number of carboxylic acid groups (broad SMARTS) is 3. The number of carboxylic acids is 3. The van der Waals surface area contributed by atoms with Crippen molar-refractivity contribution in [2.45, 2.75) is 140 Å². The molecule has 0 atom stereocenters. The summed E-state index contributed by atoms with van der Waals surface area (Å²) in [6.45, 7) is 0. The number of esters is 2. The monoisotopic (exact) mass is 1290 g/mol. The van der Waals surface area contributed by atoms with Gasteiger partial charge in [0.2, 0.25) is 0 Å². The van der Waals surface area contributed by atoms with Crippen molar-refractivity contribution in [3.63, 3.8) is 0 Å². The summed E-state index contributed by atoms with van der Waals surface area (Å²) in [5.74, 6) is -0.783. The summed E-state index contributed by atoms with van der Waals surface area (Å²) >= 11 is 3.73. The van der Waals surface area contributed by atoms with Gasteiger partial charge in [-0.1, -0.05) is 74.9 Å². The van der Waals surface area contributed by atoms with E-state index in [-0.39, 0.29) is 11.9 Å². The van der Waals surface area contributed by atoms with Gasteiger partial charge in [0.05, 0.1) is 46.6 Å². The number of rotatable bonds is 9. The van der Waals surface area contributed by atoms with Gasteiger partial charge in [-0.3, -0.25) is 4.79 Å². The quantitative estimate of drug-likeness (QED) is 0.0743. The number of benzene rings is 5. The predicted molar refractivity (Wildman–Crippen MR) is 361 cm³/mol. The van der Waals surface area contributed by atoms with Crippen LogP contribution in [0.2, 0.25) is 0 Å². The van der Waals surface area contributed by atoms with Crippen LogP contribution >= 0.6 is 15.9 Å². The summed E-state index contributed by atoms with van der Waals surface area (Å²) in [7, 11) is 6.91. The summed E-state index contributed by atoms with van der Waals surface area (Å²) in [5.41, 5.74) is 13.9. The molecule has 5 aromatic carbocycles. The van der Waals surface area contributed by atoms with Gasteiger partial charge < -0.3 is 48.9 Å². The summed E-state index contributed by atoms with van der Waals surface area (Å²) in [6, 6.07) is 29.2. The summed E-state index contributed by atoms with van der Waals surface area (Å²) in [6.07, 6.45) is 33.3. The lowest BCUT2D eigenvalue weighted by Crippen LogP contribution is -2.01. The maximum atomic E-state index is 11.7. The van der Waals surface area contributed by atoms with Crippen LogP contribution in [0.25, 0.3) is 60.1 Å². The van der Waals surface area contributed by atoms with E-state index in [1.165, 1.54) is 142 Å². The highest BCUT2D eigenvalue weighted by atomic mass is 79.9. The summed E-state index contributed by atoms with van der Waals surface area (Å²) in [5, 5.41) is 32.4. The molecule has 91 heavy (non-hydrogen) atoms. The third-order valence-electron chi connectivity index (χ3n) is 18.6. The molecule has 0 amide bonds. The number of ketones is 1. The number of H-pyrrole nitrogens is 3. The van der Waals surface area contributed by atoms with Crippen LogP contribution in [0.3, 0.4) is 0 Å². The zero-order valence-corrected chi connectivity index (χ0v) is 53.8. The fourth-order valence-corrected chi connectivity index (χ4v) is 14.5. The van der Waals surface area contributed by atoms with Crippen molar-refractivity contribution in [3.05, 3.63) is 183 Å². The highest BCUT2D eigenvalue weighted by Gasteiger charge is 2.27. The van der Waals surface area contributed by atoms with Gasteiger partial charge >= 0.3 is 29.8 Å². The SMILES string of the molecule is COC(=O)c1ccc2c(C3CCCC3)c(Br)n(C)c2c1.COC(=O)c1ccc2c(C3CCCC3)cn(C)c2c1.O=C(O)c1ccc2c(C3=CCCC3)c[nH]c2c1.O=C(O)c1ccc2c(C3CCCC3)c[nH]c2c1.O=C(O)c1ccc2cc[nH]c2c1.O=C1CCCC1. The Labute approximate surface area is 537 Å². The Hall–Kier alpha value is -8.96. The Balaban J connectivity index is 0.000000123. The minimum atomic E-state index is -0.897. The number of Topliss-reactive ketones (excluding diaryl/α,β-unsaturated/α-hetero) is 1. The van der Waals surface area contributed by atoms with Gasteiger partial charge in [-0.2, -0.15) is 0 Å². The molecule has 10 aromatic rings. The smallest absolute Gasteiger partial charge is 0.337 e. The van der Waals surface area contributed by atoms with Gasteiger partial charge in [-0.05, 0) is 199 Å². The van der Waals surface area contributed by atoms with Gasteiger partial charge in [-0.25, -0.2) is 24.0 Å². The molecule has 16 nitrogen and oxygen atoms in total. The number of allylic oxidation sites excluding steroid dienone is 2. The van der Waals surface area contributed by atoms with Crippen LogP contribution in [0.15, 0.2) is 133 Å². The molecule has 0 bridgehead atoms.